The summed E-state index contributed by atoms with van der Waals surface area (Å²) in [7, 11) is 0. The highest BCUT2D eigenvalue weighted by molar-refractivity contribution is 5.89. The fourth-order valence-corrected chi connectivity index (χ4v) is 1.47. The van der Waals surface area contributed by atoms with Gasteiger partial charge < -0.3 is 10.4 Å². The van der Waals surface area contributed by atoms with Gasteiger partial charge in [0.1, 0.15) is 6.17 Å². The van der Waals surface area contributed by atoms with E-state index in [-0.39, 0.29) is 5.91 Å². The number of hydrogen-bond donors (Lipinski definition) is 3. The molecule has 14 heavy (non-hydrogen) atoms. The molecule has 0 aromatic heterocycles. The number of carbonyl (C=O) groups excluding carboxylic acids is 1. The van der Waals surface area contributed by atoms with Crippen molar-refractivity contribution in [3.05, 3.63) is 12.2 Å². The van der Waals surface area contributed by atoms with Gasteiger partial charge in [0.05, 0.1) is 5.92 Å². The van der Waals surface area contributed by atoms with E-state index in [1.165, 1.54) is 0 Å². The molecule has 1 saturated heterocycles. The maximum absolute atomic E-state index is 11.4. The van der Waals surface area contributed by atoms with Gasteiger partial charge in [0.2, 0.25) is 5.91 Å². The summed E-state index contributed by atoms with van der Waals surface area (Å²) >= 11 is 0. The first-order valence-electron chi connectivity index (χ1n) is 4.17. The van der Waals surface area contributed by atoms with Crippen molar-refractivity contribution < 1.29 is 14.7 Å². The summed E-state index contributed by atoms with van der Waals surface area (Å²) in [5.74, 6) is -1.83. The number of carbonyl (C=O) groups is 2. The molecule has 3 N–H and O–H groups in total. The number of rotatable bonds is 1. The molecule has 0 aromatic rings. The Balaban J connectivity index is 2.17. The van der Waals surface area contributed by atoms with Crippen LogP contribution in [0.5, 0.6) is 0 Å². The van der Waals surface area contributed by atoms with Crippen LogP contribution in [0.4, 0.5) is 0 Å². The minimum Gasteiger partial charge on any atom is -0.479 e. The second-order valence-corrected chi connectivity index (χ2v) is 3.10. The van der Waals surface area contributed by atoms with Gasteiger partial charge >= 0.3 is 5.97 Å². The molecule has 3 unspecified atom stereocenters. The normalized spacial score (nSPS) is 34.9. The van der Waals surface area contributed by atoms with Crippen molar-refractivity contribution in [2.45, 2.75) is 12.3 Å². The summed E-state index contributed by atoms with van der Waals surface area (Å²) in [6, 6.07) is 0. The first-order chi connectivity index (χ1) is 6.68. The Morgan fingerprint density at radius 3 is 3.07 bits per heavy atom. The van der Waals surface area contributed by atoms with Crippen LogP contribution < -0.4 is 10.6 Å². The highest BCUT2D eigenvalue weighted by Crippen LogP contribution is 2.15. The lowest BCUT2D eigenvalue weighted by Crippen LogP contribution is -2.63. The number of aliphatic carboxylic acids is 1. The maximum atomic E-state index is 11.4. The van der Waals surface area contributed by atoms with Crippen molar-refractivity contribution in [1.82, 2.24) is 10.6 Å². The summed E-state index contributed by atoms with van der Waals surface area (Å²) in [4.78, 5) is 26.0. The Hall–Kier alpha value is -1.69. The smallest absolute Gasteiger partial charge is 0.341 e. The average Bonchev–Trinajstić information content (AvgIpc) is 2.17. The van der Waals surface area contributed by atoms with E-state index in [0.717, 1.165) is 0 Å². The summed E-state index contributed by atoms with van der Waals surface area (Å²) < 4.78 is 0. The van der Waals surface area contributed by atoms with Gasteiger partial charge in [-0.3, -0.25) is 15.1 Å². The number of dihydropyridines is 1. The number of aliphatic imine (C=N–C) groups is 1. The van der Waals surface area contributed by atoms with E-state index >= 15 is 0 Å². The summed E-state index contributed by atoms with van der Waals surface area (Å²) in [5, 5.41) is 13.7. The zero-order chi connectivity index (χ0) is 10.1. The van der Waals surface area contributed by atoms with E-state index in [1.807, 2.05) is 0 Å². The minimum atomic E-state index is -1.11. The predicted molar refractivity (Wildman–Crippen MR) is 47.6 cm³/mol. The topological polar surface area (TPSA) is 90.8 Å². The number of carboxylic acids is 1. The van der Waals surface area contributed by atoms with Crippen LogP contribution in [0.2, 0.25) is 0 Å². The number of carboxylic acid groups (broad SMARTS) is 1. The Labute approximate surface area is 79.7 Å². The number of hydrogen-bond acceptors (Lipinski definition) is 4. The Morgan fingerprint density at radius 2 is 2.36 bits per heavy atom. The molecule has 1 amide bonds. The van der Waals surface area contributed by atoms with Gasteiger partial charge in [-0.15, -0.1) is 0 Å². The molecule has 2 heterocycles. The second-order valence-electron chi connectivity index (χ2n) is 3.10. The largest absolute Gasteiger partial charge is 0.479 e. The molecule has 6 heteroatoms. The van der Waals surface area contributed by atoms with Crippen molar-refractivity contribution in [2.75, 3.05) is 0 Å². The molecule has 2 aliphatic rings. The predicted octanol–water partition coefficient (Wildman–Crippen LogP) is -1.30. The van der Waals surface area contributed by atoms with Gasteiger partial charge in [-0.2, -0.15) is 0 Å². The van der Waals surface area contributed by atoms with Crippen molar-refractivity contribution in [2.24, 2.45) is 10.9 Å². The van der Waals surface area contributed by atoms with Crippen LogP contribution in [-0.4, -0.2) is 35.5 Å². The molecule has 0 aliphatic carbocycles. The van der Waals surface area contributed by atoms with Crippen LogP contribution in [0.1, 0.15) is 0 Å². The molecule has 0 spiro atoms. The maximum Gasteiger partial charge on any atom is 0.341 e. The third kappa shape index (κ3) is 1.39. The summed E-state index contributed by atoms with van der Waals surface area (Å²) in [5.41, 5.74) is 0. The molecule has 0 radical (unpaired) electrons. The molecule has 0 saturated carbocycles. The van der Waals surface area contributed by atoms with Crippen molar-refractivity contribution in [3.63, 3.8) is 0 Å². The van der Waals surface area contributed by atoms with Crippen LogP contribution >= 0.6 is 0 Å². The quantitative estimate of drug-likeness (QED) is 0.485. The highest BCUT2D eigenvalue weighted by atomic mass is 16.4. The number of amides is 1. The Bertz CT molecular complexity index is 337. The molecule has 74 valence electrons. The molecule has 2 aliphatic heterocycles. The third-order valence-corrected chi connectivity index (χ3v) is 2.17. The fraction of sp³-hybridized carbons (Fsp3) is 0.375. The van der Waals surface area contributed by atoms with E-state index in [9.17, 15) is 9.59 Å². The Morgan fingerprint density at radius 1 is 1.57 bits per heavy atom. The van der Waals surface area contributed by atoms with E-state index in [2.05, 4.69) is 15.6 Å². The van der Waals surface area contributed by atoms with Crippen LogP contribution in [-0.2, 0) is 9.59 Å². The lowest BCUT2D eigenvalue weighted by atomic mass is 10.00. The number of nitrogens with zero attached hydrogens (tertiary/aromatic N) is 1. The summed E-state index contributed by atoms with van der Waals surface area (Å²) in [6.45, 7) is 0. The van der Waals surface area contributed by atoms with Gasteiger partial charge in [-0.05, 0) is 6.08 Å². The van der Waals surface area contributed by atoms with E-state index in [1.54, 1.807) is 18.4 Å². The molecule has 1 fully saturated rings. The fourth-order valence-electron chi connectivity index (χ4n) is 1.47. The van der Waals surface area contributed by atoms with Gasteiger partial charge in [0, 0.05) is 6.21 Å². The Kier molecular flexibility index (Phi) is 2.05. The number of allylic oxidation sites excluding steroid dienone is 1. The molecular weight excluding hydrogens is 186 g/mol. The first-order valence-corrected chi connectivity index (χ1v) is 4.17. The number of fused-ring (bicyclic) bond motifs is 1. The van der Waals surface area contributed by atoms with Crippen molar-refractivity contribution in [1.29, 1.82) is 0 Å². The molecule has 0 aromatic carbocycles. The van der Waals surface area contributed by atoms with E-state index in [4.69, 9.17) is 5.11 Å². The molecule has 3 atom stereocenters. The molecule has 6 nitrogen and oxygen atoms in total. The zero-order valence-electron chi connectivity index (χ0n) is 7.18. The van der Waals surface area contributed by atoms with Crippen LogP contribution in [0, 0.1) is 5.92 Å². The monoisotopic (exact) mass is 195 g/mol. The van der Waals surface area contributed by atoms with Crippen LogP contribution in [0.15, 0.2) is 17.1 Å². The van der Waals surface area contributed by atoms with Gasteiger partial charge in [0.15, 0.2) is 6.17 Å². The van der Waals surface area contributed by atoms with E-state index < -0.39 is 24.2 Å². The highest BCUT2D eigenvalue weighted by Gasteiger charge is 2.37. The average molecular weight is 195 g/mol. The van der Waals surface area contributed by atoms with Gasteiger partial charge in [-0.1, -0.05) is 6.08 Å². The zero-order valence-corrected chi connectivity index (χ0v) is 7.18. The summed E-state index contributed by atoms with van der Waals surface area (Å²) in [6.07, 6.45) is 3.40. The standard InChI is InChI=1S/C8H9N3O3/c12-7-4-2-1-3-9-5(4)10-6(11-7)8(13)14/h1-6,10H,(H,11,12)(H,13,14). The lowest BCUT2D eigenvalue weighted by molar-refractivity contribution is -0.145. The lowest BCUT2D eigenvalue weighted by Gasteiger charge is -2.32. The van der Waals surface area contributed by atoms with E-state index in [0.29, 0.717) is 0 Å². The van der Waals surface area contributed by atoms with Crippen LogP contribution in [0.25, 0.3) is 0 Å². The second kappa shape index (κ2) is 3.22. The van der Waals surface area contributed by atoms with Gasteiger partial charge in [0.25, 0.3) is 0 Å². The third-order valence-electron chi connectivity index (χ3n) is 2.17. The molecular formula is C8H9N3O3. The van der Waals surface area contributed by atoms with Crippen molar-refractivity contribution >= 4 is 18.1 Å². The minimum absolute atomic E-state index is 0.311. The van der Waals surface area contributed by atoms with Crippen molar-refractivity contribution in [3.8, 4) is 0 Å². The molecule has 2 rings (SSSR count). The first kappa shape index (κ1) is 8.89. The molecule has 0 bridgehead atoms. The van der Waals surface area contributed by atoms with Crippen LogP contribution in [0.3, 0.4) is 0 Å². The van der Waals surface area contributed by atoms with Gasteiger partial charge in [-0.25, -0.2) is 4.79 Å². The SMILES string of the molecule is O=C(O)C1NC(=O)C2C=CC=NC2N1. The number of nitrogens with one attached hydrogen (secondary N) is 2.